The van der Waals surface area contributed by atoms with Gasteiger partial charge in [0.25, 0.3) is 5.91 Å². The minimum absolute atomic E-state index is 0.00205. The number of fused-ring (bicyclic) bond motifs is 6. The summed E-state index contributed by atoms with van der Waals surface area (Å²) in [6.07, 6.45) is 7.49. The van der Waals surface area contributed by atoms with Crippen LogP contribution < -0.4 is 30.1 Å². The Morgan fingerprint density at radius 3 is 1.36 bits per heavy atom. The fourth-order valence-corrected chi connectivity index (χ4v) is 13.4. The van der Waals surface area contributed by atoms with Gasteiger partial charge in [-0.3, -0.25) is 44.1 Å². The van der Waals surface area contributed by atoms with Crippen LogP contribution in [0.1, 0.15) is 85.2 Å². The molecule has 1 amide bonds. The van der Waals surface area contributed by atoms with Crippen LogP contribution in [0.4, 0.5) is 0 Å². The van der Waals surface area contributed by atoms with Crippen molar-refractivity contribution >= 4 is 65.5 Å². The Kier molecular flexibility index (Phi) is 17.1. The first-order valence-corrected chi connectivity index (χ1v) is 29.0. The zero-order chi connectivity index (χ0) is 57.5. The van der Waals surface area contributed by atoms with Crippen molar-refractivity contribution in [1.82, 2.24) is 35.1 Å². The van der Waals surface area contributed by atoms with Crippen molar-refractivity contribution in [3.63, 3.8) is 0 Å². The Hall–Kier alpha value is -8.69. The lowest BCUT2D eigenvalue weighted by molar-refractivity contribution is -0.132. The number of pyridine rings is 4. The minimum atomic E-state index is -1.91. The molecule has 1 spiro atoms. The Balaban J connectivity index is 1.08. The van der Waals surface area contributed by atoms with Gasteiger partial charge in [0.05, 0.1) is 49.5 Å². The Morgan fingerprint density at radius 2 is 0.964 bits per heavy atom. The van der Waals surface area contributed by atoms with E-state index in [4.69, 9.17) is 42.1 Å². The molecule has 83 heavy (non-hydrogen) atoms. The van der Waals surface area contributed by atoms with E-state index in [1.807, 2.05) is 119 Å². The molecule has 0 atom stereocenters. The molecular formula is C65H54Cl2N7O8P. The van der Waals surface area contributed by atoms with Crippen LogP contribution in [0.15, 0.2) is 189 Å². The predicted molar refractivity (Wildman–Crippen MR) is 316 cm³/mol. The number of hydrogen-bond donors (Lipinski definition) is 1. The third kappa shape index (κ3) is 12.4. The first kappa shape index (κ1) is 56.2. The van der Waals surface area contributed by atoms with Crippen LogP contribution in [-0.4, -0.2) is 66.3 Å². The van der Waals surface area contributed by atoms with E-state index in [-0.39, 0.29) is 100 Å². The van der Waals surface area contributed by atoms with Crippen LogP contribution in [0.25, 0.3) is 0 Å². The van der Waals surface area contributed by atoms with Gasteiger partial charge in [-0.25, -0.2) is 4.79 Å². The number of carbonyl (C=O) groups is 4. The summed E-state index contributed by atoms with van der Waals surface area (Å²) in [6.45, 7) is 4.06. The molecule has 0 saturated carbocycles. The summed E-state index contributed by atoms with van der Waals surface area (Å²) in [6, 6.07) is 51.0. The number of ether oxygens (including phenoxy) is 4. The van der Waals surface area contributed by atoms with E-state index in [1.165, 1.54) is 30.5 Å². The molecule has 18 heteroatoms. The van der Waals surface area contributed by atoms with Crippen LogP contribution in [0.3, 0.4) is 0 Å². The lowest BCUT2D eigenvalue weighted by atomic mass is 9.76. The third-order valence-corrected chi connectivity index (χ3v) is 17.2. The summed E-state index contributed by atoms with van der Waals surface area (Å²) < 4.78 is 26.3. The smallest absolute Gasteiger partial charge is 0.340 e. The predicted octanol–water partition coefficient (Wildman–Crippen LogP) is 11.3. The van der Waals surface area contributed by atoms with Crippen molar-refractivity contribution in [2.45, 2.75) is 58.7 Å². The average Bonchev–Trinajstić information content (AvgIpc) is 2.81. The van der Waals surface area contributed by atoms with Crippen molar-refractivity contribution in [3.05, 3.63) is 260 Å². The fraction of sp³-hybridized carbons (Fsp3) is 0.169. The molecule has 2 aliphatic rings. The number of halogens is 2. The summed E-state index contributed by atoms with van der Waals surface area (Å²) in [7, 11) is -0.811. The number of nitrogens with zero attached hydrogens (tertiary/aromatic N) is 6. The summed E-state index contributed by atoms with van der Waals surface area (Å²) in [5, 5.41) is 5.48. The Bertz CT molecular complexity index is 3550. The molecule has 6 heterocycles. The first-order valence-electron chi connectivity index (χ1n) is 26.8. The summed E-state index contributed by atoms with van der Waals surface area (Å²) in [5.41, 5.74) is 2.79. The van der Waals surface area contributed by atoms with Crippen LogP contribution in [-0.2, 0) is 59.2 Å². The molecule has 5 aromatic carbocycles. The van der Waals surface area contributed by atoms with Crippen LogP contribution in [0.5, 0.6) is 23.0 Å². The average molecular weight is 1160 g/mol. The van der Waals surface area contributed by atoms with E-state index in [0.717, 1.165) is 22.8 Å². The van der Waals surface area contributed by atoms with E-state index in [0.29, 0.717) is 29.4 Å². The number of esters is 3. The molecule has 0 unspecified atom stereocenters. The number of nitrogens with one attached hydrogen (secondary N) is 1. The largest absolute Gasteiger partial charge is 0.455 e. The highest BCUT2D eigenvalue weighted by Crippen LogP contribution is 2.62. The summed E-state index contributed by atoms with van der Waals surface area (Å²) in [5.74, 6) is -2.24. The molecule has 0 aliphatic carbocycles. The fourth-order valence-electron chi connectivity index (χ4n) is 10.6. The molecule has 2 aliphatic heterocycles. The van der Waals surface area contributed by atoms with Crippen molar-refractivity contribution < 1.29 is 38.1 Å². The van der Waals surface area contributed by atoms with E-state index in [2.05, 4.69) is 49.5 Å². The second-order valence-electron chi connectivity index (χ2n) is 19.9. The molecular weight excluding hydrogens is 1110 g/mol. The molecule has 0 radical (unpaired) electrons. The number of hydrogen-bond acceptors (Lipinski definition) is 14. The van der Waals surface area contributed by atoms with E-state index < -0.39 is 31.4 Å². The molecule has 4 aromatic heterocycles. The summed E-state index contributed by atoms with van der Waals surface area (Å²) >= 11 is 14.8. The lowest BCUT2D eigenvalue weighted by Crippen LogP contribution is -2.35. The van der Waals surface area contributed by atoms with Crippen LogP contribution >= 0.6 is 31.1 Å². The SMILES string of the molecule is CC(=O)Oc1c(Cl)cc2c(c1CN(Cc1ccccn1)Cc1ccccn1)Oc1c(cc(Cl)c(OC(C)=O)c1CN(Cc1ccccn1)Cc1ccccn1)C21OC(=O)c2cc(C(=O)NCCP(c3ccccc3)c3ccccc3)ccc21. The van der Waals surface area contributed by atoms with Gasteiger partial charge in [-0.1, -0.05) is 114 Å². The number of benzene rings is 5. The van der Waals surface area contributed by atoms with Gasteiger partial charge in [-0.05, 0) is 97.5 Å². The van der Waals surface area contributed by atoms with Crippen LogP contribution in [0, 0.1) is 0 Å². The normalized spacial score (nSPS) is 12.8. The monoisotopic (exact) mass is 1160 g/mol. The van der Waals surface area contributed by atoms with Gasteiger partial charge >= 0.3 is 17.9 Å². The maximum absolute atomic E-state index is 15.0. The van der Waals surface area contributed by atoms with Gasteiger partial charge in [0.2, 0.25) is 0 Å². The van der Waals surface area contributed by atoms with Gasteiger partial charge in [-0.15, -0.1) is 0 Å². The number of aromatic nitrogens is 4. The molecule has 9 aromatic rings. The molecule has 15 nitrogen and oxygen atoms in total. The van der Waals surface area contributed by atoms with Gasteiger partial charge in [0.1, 0.15) is 11.5 Å². The van der Waals surface area contributed by atoms with Crippen LogP contribution in [0.2, 0.25) is 10.0 Å². The molecule has 0 fully saturated rings. The van der Waals surface area contributed by atoms with E-state index in [1.54, 1.807) is 49.1 Å². The second-order valence-corrected chi connectivity index (χ2v) is 23.0. The molecule has 11 rings (SSSR count). The molecule has 1 N–H and O–H groups in total. The van der Waals surface area contributed by atoms with Crippen molar-refractivity contribution in [2.75, 3.05) is 12.7 Å². The Labute approximate surface area is 491 Å². The van der Waals surface area contributed by atoms with Gasteiger partial charge in [0.15, 0.2) is 17.1 Å². The zero-order valence-corrected chi connectivity index (χ0v) is 47.6. The minimum Gasteiger partial charge on any atom is -0.455 e. The van der Waals surface area contributed by atoms with Gasteiger partial charge in [-0.2, -0.15) is 0 Å². The summed E-state index contributed by atoms with van der Waals surface area (Å²) in [4.78, 5) is 78.5. The number of rotatable bonds is 20. The molecule has 416 valence electrons. The quantitative estimate of drug-likeness (QED) is 0.0433. The number of amides is 1. The van der Waals surface area contributed by atoms with Crippen molar-refractivity contribution in [1.29, 1.82) is 0 Å². The highest BCUT2D eigenvalue weighted by atomic mass is 35.5. The van der Waals surface area contributed by atoms with Crippen molar-refractivity contribution in [3.8, 4) is 23.0 Å². The Morgan fingerprint density at radius 1 is 0.542 bits per heavy atom. The highest BCUT2D eigenvalue weighted by molar-refractivity contribution is 7.73. The third-order valence-electron chi connectivity index (χ3n) is 14.1. The zero-order valence-electron chi connectivity index (χ0n) is 45.2. The molecule has 0 bridgehead atoms. The maximum atomic E-state index is 15.0. The van der Waals surface area contributed by atoms with Crippen molar-refractivity contribution in [2.24, 2.45) is 0 Å². The van der Waals surface area contributed by atoms with Gasteiger partial charge in [0, 0.05) is 107 Å². The lowest BCUT2D eigenvalue weighted by Gasteiger charge is -2.40. The highest BCUT2D eigenvalue weighted by Gasteiger charge is 2.56. The number of carbonyl (C=O) groups excluding carboxylic acids is 4. The van der Waals surface area contributed by atoms with E-state index in [9.17, 15) is 14.4 Å². The maximum Gasteiger partial charge on any atom is 0.340 e. The topological polar surface area (TPSA) is 175 Å². The molecule has 0 saturated heterocycles. The standard InChI is InChI=1S/C65H54Cl2N7O8P/c1-42(75)79-61-52(40-73(36-45-17-9-13-27-68-45)37-46-18-10-14-28-69-46)59-55(34-57(61)66)65(54-26-25-44(33-51(54)64(78)82-65)63(77)72-31-32-83(49-21-5-3-6-22-49)50-23-7-4-8-24-50)56-35-58(67)62(80-43(2)76)53(60(56)81-59)41-74(38-47-19-11-15-29-70-47)39-48-20-12-16-30-71-48/h3-30,33-35H,31-32,36-41H2,1-2H3,(H,72,77). The second kappa shape index (κ2) is 25.2. The van der Waals surface area contributed by atoms with E-state index >= 15 is 4.79 Å². The first-order chi connectivity index (χ1) is 40.4. The van der Waals surface area contributed by atoms with Gasteiger partial charge < -0.3 is 24.3 Å².